The topological polar surface area (TPSA) is 46.5 Å². The highest BCUT2D eigenvalue weighted by Crippen LogP contribution is 2.62. The van der Waals surface area contributed by atoms with Crippen LogP contribution in [-0.4, -0.2) is 34.4 Å². The van der Waals surface area contributed by atoms with E-state index in [1.54, 1.807) is 0 Å². The van der Waals surface area contributed by atoms with Gasteiger partial charge in [0.05, 0.1) is 7.11 Å². The van der Waals surface area contributed by atoms with Gasteiger partial charge in [0.1, 0.15) is 10.00 Å². The molecule has 0 bridgehead atoms. The van der Waals surface area contributed by atoms with Crippen LogP contribution in [0.15, 0.2) is 12.1 Å². The van der Waals surface area contributed by atoms with Gasteiger partial charge in [0, 0.05) is 11.5 Å². The monoisotopic (exact) mass is 370 g/mol. The van der Waals surface area contributed by atoms with Crippen molar-refractivity contribution >= 4 is 17.7 Å². The van der Waals surface area contributed by atoms with Crippen molar-refractivity contribution in [3.8, 4) is 5.75 Å². The lowest BCUT2D eigenvalue weighted by molar-refractivity contribution is -0.165. The summed E-state index contributed by atoms with van der Waals surface area (Å²) in [6, 6.07) is 1.84. The van der Waals surface area contributed by atoms with Crippen LogP contribution in [0.4, 0.5) is 22.0 Å². The smallest absolute Gasteiger partial charge is 0.403 e. The van der Waals surface area contributed by atoms with Gasteiger partial charge >= 0.3 is 12.1 Å². The van der Waals surface area contributed by atoms with E-state index in [0.29, 0.717) is 0 Å². The quantitative estimate of drug-likeness (QED) is 0.810. The molecule has 0 unspecified atom stereocenters. The van der Waals surface area contributed by atoms with Crippen molar-refractivity contribution in [3.63, 3.8) is 0 Å². The summed E-state index contributed by atoms with van der Waals surface area (Å²) >= 11 is 0.272. The van der Waals surface area contributed by atoms with Crippen LogP contribution in [0.5, 0.6) is 5.75 Å². The number of hydrogen-bond acceptors (Lipinski definition) is 3. The number of benzene rings is 1. The lowest BCUT2D eigenvalue weighted by Crippen LogP contribution is -2.42. The summed E-state index contributed by atoms with van der Waals surface area (Å²) in [5, 5.41) is 7.88. The third kappa shape index (κ3) is 2.72. The molecule has 1 heterocycles. The number of rotatable bonds is 3. The highest BCUT2D eigenvalue weighted by molar-refractivity contribution is 8.02. The number of carboxylic acid groups (broad SMARTS) is 1. The molecule has 1 aromatic carbocycles. The minimum Gasteiger partial charge on any atom is -0.493 e. The summed E-state index contributed by atoms with van der Waals surface area (Å²) in [5.41, 5.74) is -0.0863. The first-order valence-corrected chi connectivity index (χ1v) is 7.83. The minimum absolute atomic E-state index is 0.0863. The van der Waals surface area contributed by atoms with E-state index in [2.05, 4.69) is 0 Å². The van der Waals surface area contributed by atoms with Crippen LogP contribution in [0.25, 0.3) is 0 Å². The van der Waals surface area contributed by atoms with E-state index in [9.17, 15) is 31.9 Å². The average molecular weight is 370 g/mol. The second-order valence-electron chi connectivity index (χ2n) is 5.78. The van der Waals surface area contributed by atoms with E-state index < -0.39 is 51.4 Å². The van der Waals surface area contributed by atoms with Gasteiger partial charge in [0.2, 0.25) is 5.82 Å². The molecule has 0 aliphatic carbocycles. The van der Waals surface area contributed by atoms with Crippen molar-refractivity contribution in [3.05, 3.63) is 29.3 Å². The highest BCUT2D eigenvalue weighted by atomic mass is 32.2. The van der Waals surface area contributed by atoms with Crippen molar-refractivity contribution in [2.24, 2.45) is 5.92 Å². The van der Waals surface area contributed by atoms with Gasteiger partial charge in [-0.05, 0) is 18.9 Å². The van der Waals surface area contributed by atoms with Crippen LogP contribution < -0.4 is 4.74 Å². The summed E-state index contributed by atoms with van der Waals surface area (Å²) in [6.07, 6.45) is -4.66. The lowest BCUT2D eigenvalue weighted by Gasteiger charge is -2.32. The van der Waals surface area contributed by atoms with Gasteiger partial charge in [-0.1, -0.05) is 13.0 Å². The fourth-order valence-electron chi connectivity index (χ4n) is 3.03. The molecule has 134 valence electrons. The number of hydrogen-bond donors (Lipinski definition) is 1. The molecule has 0 amide bonds. The van der Waals surface area contributed by atoms with Gasteiger partial charge in [-0.15, -0.1) is 11.8 Å². The third-order valence-corrected chi connectivity index (χ3v) is 6.40. The zero-order chi connectivity index (χ0) is 18.4. The van der Waals surface area contributed by atoms with E-state index in [-0.39, 0.29) is 17.3 Å². The van der Waals surface area contributed by atoms with E-state index in [1.807, 2.05) is 0 Å². The van der Waals surface area contributed by atoms with Gasteiger partial charge < -0.3 is 9.84 Å². The summed E-state index contributed by atoms with van der Waals surface area (Å²) in [6.45, 7) is 2.18. The fourth-order valence-corrected chi connectivity index (χ4v) is 4.68. The number of alkyl halides is 3. The van der Waals surface area contributed by atoms with Crippen LogP contribution in [-0.2, 0) is 4.79 Å². The van der Waals surface area contributed by atoms with Crippen molar-refractivity contribution in [1.29, 1.82) is 0 Å². The molecule has 4 atom stereocenters. The van der Waals surface area contributed by atoms with Gasteiger partial charge in [-0.2, -0.15) is 17.6 Å². The summed E-state index contributed by atoms with van der Waals surface area (Å²) < 4.78 is 70.2. The Bertz CT molecular complexity index is 663. The molecule has 1 aliphatic heterocycles. The fraction of sp³-hybridized carbons (Fsp3) is 0.533. The second kappa shape index (κ2) is 6.09. The van der Waals surface area contributed by atoms with E-state index in [4.69, 9.17) is 4.74 Å². The first-order valence-electron chi connectivity index (χ1n) is 6.95. The molecule has 1 fully saturated rings. The largest absolute Gasteiger partial charge is 0.493 e. The number of carbonyl (C=O) groups is 1. The Morgan fingerprint density at radius 1 is 1.33 bits per heavy atom. The predicted octanol–water partition coefficient (Wildman–Crippen LogP) is 4.21. The van der Waals surface area contributed by atoms with E-state index >= 15 is 0 Å². The molecule has 0 saturated carbocycles. The van der Waals surface area contributed by atoms with Crippen LogP contribution in [0.2, 0.25) is 0 Å². The molecule has 3 nitrogen and oxygen atoms in total. The van der Waals surface area contributed by atoms with Crippen molar-refractivity contribution < 1.29 is 36.6 Å². The Morgan fingerprint density at radius 3 is 2.38 bits per heavy atom. The molecule has 2 rings (SSSR count). The average Bonchev–Trinajstić information content (AvgIpc) is 2.75. The lowest BCUT2D eigenvalue weighted by atomic mass is 9.77. The zero-order valence-corrected chi connectivity index (χ0v) is 13.8. The number of methoxy groups -OCH3 is 1. The van der Waals surface area contributed by atoms with Crippen LogP contribution in [0.1, 0.15) is 25.3 Å². The maximum atomic E-state index is 13.9. The minimum atomic E-state index is -4.66. The molecule has 24 heavy (non-hydrogen) atoms. The van der Waals surface area contributed by atoms with Crippen molar-refractivity contribution in [1.82, 2.24) is 0 Å². The molecule has 9 heteroatoms. The SMILES string of the molecule is COc1c([C@H]2[C@H](C(=O)O)S[C@@](C)(C(F)(F)F)[C@H]2C)ccc(F)c1F. The number of thioether (sulfide) groups is 1. The number of carboxylic acids is 1. The van der Waals surface area contributed by atoms with Crippen LogP contribution in [0.3, 0.4) is 0 Å². The molecule has 1 aliphatic rings. The van der Waals surface area contributed by atoms with Gasteiger partial charge in [0.15, 0.2) is 11.6 Å². The Labute approximate surface area is 139 Å². The Morgan fingerprint density at radius 2 is 1.92 bits per heavy atom. The summed E-state index contributed by atoms with van der Waals surface area (Å²) in [7, 11) is 1.05. The second-order valence-corrected chi connectivity index (χ2v) is 7.37. The van der Waals surface area contributed by atoms with Crippen molar-refractivity contribution in [2.75, 3.05) is 7.11 Å². The number of aliphatic carboxylic acids is 1. The number of ether oxygens (including phenoxy) is 1. The van der Waals surface area contributed by atoms with Crippen molar-refractivity contribution in [2.45, 2.75) is 35.9 Å². The molecule has 0 radical (unpaired) electrons. The normalized spacial score (nSPS) is 30.4. The Kier molecular flexibility index (Phi) is 4.78. The first kappa shape index (κ1) is 18.8. The van der Waals surface area contributed by atoms with Crippen LogP contribution >= 0.6 is 11.8 Å². The molecule has 1 saturated heterocycles. The van der Waals surface area contributed by atoms with Gasteiger partial charge in [-0.25, -0.2) is 4.39 Å². The Balaban J connectivity index is 2.64. The third-order valence-electron chi connectivity index (χ3n) is 4.56. The summed E-state index contributed by atoms with van der Waals surface area (Å²) in [4.78, 5) is 11.5. The number of halogens is 5. The standard InChI is InChI=1S/C15H15F5O3S/c1-6-9(7-4-5-8(16)10(17)11(7)23-3)12(13(21)22)24-14(6,2)15(18,19)20/h4-6,9,12H,1-3H3,(H,21,22)/t6-,9-,12+,14+/m0/s1. The van der Waals surface area contributed by atoms with E-state index in [1.165, 1.54) is 6.92 Å². The molecule has 1 aromatic rings. The maximum absolute atomic E-state index is 13.9. The van der Waals surface area contributed by atoms with Crippen LogP contribution in [0, 0.1) is 17.6 Å². The maximum Gasteiger partial charge on any atom is 0.403 e. The van der Waals surface area contributed by atoms with Gasteiger partial charge in [-0.3, -0.25) is 4.79 Å². The molecular weight excluding hydrogens is 355 g/mol. The molecule has 1 N–H and O–H groups in total. The summed E-state index contributed by atoms with van der Waals surface area (Å²) in [5.74, 6) is -6.97. The zero-order valence-electron chi connectivity index (χ0n) is 12.9. The van der Waals surface area contributed by atoms with E-state index in [0.717, 1.165) is 26.2 Å². The molecular formula is C15H15F5O3S. The molecule has 0 aromatic heterocycles. The highest BCUT2D eigenvalue weighted by Gasteiger charge is 2.65. The molecule has 0 spiro atoms. The van der Waals surface area contributed by atoms with Gasteiger partial charge in [0.25, 0.3) is 0 Å². The first-order chi connectivity index (χ1) is 11.0. The Hall–Kier alpha value is -1.51. The predicted molar refractivity (Wildman–Crippen MR) is 78.3 cm³/mol.